The van der Waals surface area contributed by atoms with Crippen molar-refractivity contribution < 1.29 is 28.5 Å². The number of amides is 1. The number of nitrogens with one attached hydrogen (secondary N) is 1. The van der Waals surface area contributed by atoms with E-state index in [-0.39, 0.29) is 45.5 Å². The molecule has 2 spiro atoms. The number of piperidine rings is 2. The van der Waals surface area contributed by atoms with Gasteiger partial charge < -0.3 is 30.3 Å². The van der Waals surface area contributed by atoms with Crippen molar-refractivity contribution in [2.75, 3.05) is 38.2 Å². The van der Waals surface area contributed by atoms with Crippen molar-refractivity contribution in [3.63, 3.8) is 0 Å². The molecule has 1 saturated carbocycles. The van der Waals surface area contributed by atoms with Crippen molar-refractivity contribution in [2.45, 2.75) is 135 Å². The molecule has 4 aromatic carbocycles. The molecule has 14 rings (SSSR count). The summed E-state index contributed by atoms with van der Waals surface area (Å²) in [6.07, 6.45) is 6.53. The van der Waals surface area contributed by atoms with E-state index < -0.39 is 0 Å². The molecule has 3 fully saturated rings. The molecule has 1 aromatic heterocycles. The Hall–Kier alpha value is -4.23. The van der Waals surface area contributed by atoms with E-state index in [1.165, 1.54) is 38.9 Å². The zero-order chi connectivity index (χ0) is 51.8. The van der Waals surface area contributed by atoms with Crippen molar-refractivity contribution in [3.8, 4) is 17.6 Å². The molecule has 3 N–H and O–H groups in total. The standard InChI is InChI=1S/C27H25N3O2.C19H23NO2.C8H5N3.2C2H6.2HI.V/c1-13-7-8-14-11-18-26(2)12-16-21-19-15(25(31)29-21)5-4-6-17(19)28-22(16)24-27(26,9-10-30(18)3)20(14)23(13)32-24;1-11-4-5-12-10-14-18(2)7-6-13(21)17-19(18,8-9-20(14)3)15(12)16(11)22-17;1-11-8-6(5-9)3-2-4-7(8)10;2*1-2;;;/h4-8,18,24H,9-12H2,1-3H3,(H,29,31);4-5,14,17H,6-10H2,1-3H3;2-4H,10H2;2*1-2H3;2*1H;/q;;;;;;;+2/p-2/t18-,24+,26+,27+;14-,17+,18+,19+;;;;;;/m11....../s1. The third-order valence-electron chi connectivity index (χ3n) is 18.2. The number of rotatable bonds is 0. The number of halogens is 2. The fraction of sp³-hybridized carbons (Fsp3) is 0.466. The molecule has 0 radical (unpaired) electrons. The maximum atomic E-state index is 12.8. The van der Waals surface area contributed by atoms with Crippen molar-refractivity contribution in [1.82, 2.24) is 14.8 Å². The van der Waals surface area contributed by atoms with Crippen LogP contribution in [0.2, 0.25) is 0 Å². The molecule has 5 aliphatic heterocycles. The quantitative estimate of drug-likeness (QED) is 0.0882. The van der Waals surface area contributed by atoms with Crippen LogP contribution in [0, 0.1) is 42.6 Å². The molecule has 1 amide bonds. The van der Waals surface area contributed by atoms with E-state index >= 15 is 0 Å². The fourth-order valence-corrected chi connectivity index (χ4v) is 15.0. The van der Waals surface area contributed by atoms with Gasteiger partial charge in [-0.25, -0.2) is 9.83 Å². The molecule has 72 heavy (non-hydrogen) atoms. The Morgan fingerprint density at radius 1 is 0.833 bits per heavy atom. The van der Waals surface area contributed by atoms with Crippen LogP contribution in [0.1, 0.15) is 134 Å². The van der Waals surface area contributed by atoms with E-state index in [0.717, 1.165) is 91.0 Å². The fourth-order valence-electron chi connectivity index (χ4n) is 15.0. The summed E-state index contributed by atoms with van der Waals surface area (Å²) in [5.74, 6) is 2.43. The van der Waals surface area contributed by atoms with Gasteiger partial charge in [-0.2, -0.15) is 5.26 Å². The molecule has 0 unspecified atom stereocenters. The van der Waals surface area contributed by atoms with Crippen LogP contribution in [0.25, 0.3) is 15.7 Å². The van der Waals surface area contributed by atoms with Crippen LogP contribution in [0.3, 0.4) is 0 Å². The summed E-state index contributed by atoms with van der Waals surface area (Å²) >= 11 is 4.74. The normalized spacial score (nSPS) is 29.1. The summed E-state index contributed by atoms with van der Waals surface area (Å²) in [6.45, 7) is 26.1. The van der Waals surface area contributed by atoms with E-state index in [2.05, 4.69) is 126 Å². The number of benzene rings is 4. The number of hydrogen-bond donors (Lipinski definition) is 2. The van der Waals surface area contributed by atoms with Gasteiger partial charge in [-0.05, 0) is 119 Å². The number of hydrogen-bond acceptors (Lipinski definition) is 9. The summed E-state index contributed by atoms with van der Waals surface area (Å²) in [5.41, 5.74) is 19.4. The van der Waals surface area contributed by atoms with Crippen LogP contribution in [0.15, 0.2) is 60.7 Å². The molecule has 375 valence electrons. The summed E-state index contributed by atoms with van der Waals surface area (Å²) < 4.78 is 13.3. The van der Waals surface area contributed by atoms with Crippen LogP contribution < -0.4 is 20.5 Å². The molecule has 8 atom stereocenters. The molecule has 14 heteroatoms. The number of aromatic nitrogens is 1. The minimum absolute atomic E-state index is 0.0117. The molecular formula is C58H65I2N7O4V. The number of nitrogens with two attached hydrogens (primary N) is 1. The number of fused-ring (bicyclic) bond motifs is 3. The van der Waals surface area contributed by atoms with Gasteiger partial charge in [0.1, 0.15) is 11.5 Å². The first kappa shape index (κ1) is 52.6. The topological polar surface area (TPSA) is 138 Å². The van der Waals surface area contributed by atoms with Gasteiger partial charge in [0, 0.05) is 51.7 Å². The van der Waals surface area contributed by atoms with Crippen LogP contribution in [0.4, 0.5) is 17.1 Å². The van der Waals surface area contributed by atoms with E-state index in [4.69, 9.17) is 32.0 Å². The Morgan fingerprint density at radius 2 is 1.39 bits per heavy atom. The van der Waals surface area contributed by atoms with Crippen LogP contribution in [0.5, 0.6) is 11.5 Å². The summed E-state index contributed by atoms with van der Waals surface area (Å²) in [5, 5.41) is 12.7. The van der Waals surface area contributed by atoms with Gasteiger partial charge in [0.25, 0.3) is 5.91 Å². The molecule has 2 saturated heterocycles. The van der Waals surface area contributed by atoms with E-state index in [1.54, 1.807) is 18.2 Å². The van der Waals surface area contributed by atoms with Crippen LogP contribution >= 0.6 is 40.0 Å². The predicted molar refractivity (Wildman–Crippen MR) is 299 cm³/mol. The van der Waals surface area contributed by atoms with Gasteiger partial charge in [-0.3, -0.25) is 9.59 Å². The monoisotopic (exact) mass is 1230 g/mol. The summed E-state index contributed by atoms with van der Waals surface area (Å²) in [4.78, 5) is 39.0. The Balaban J connectivity index is 0.000000139. The molecule has 11 nitrogen and oxygen atoms in total. The van der Waals surface area contributed by atoms with E-state index in [0.29, 0.717) is 45.0 Å². The number of anilines is 2. The second kappa shape index (κ2) is 19.8. The number of pyridine rings is 1. The Bertz CT molecular complexity index is 3140. The maximum absolute atomic E-state index is 12.8. The molecule has 4 aliphatic carbocycles. The first-order valence-corrected chi connectivity index (χ1v) is 34.5. The third kappa shape index (κ3) is 7.27. The zero-order valence-electron chi connectivity index (χ0n) is 43.1. The summed E-state index contributed by atoms with van der Waals surface area (Å²) in [6, 6.07) is 22.6. The number of ether oxygens (including phenoxy) is 2. The number of nitrogens with zero attached hydrogens (tertiary/aromatic N) is 5. The summed E-state index contributed by atoms with van der Waals surface area (Å²) in [7, 11) is 5.16. The number of carbonyl (C=O) groups excluding carboxylic acids is 2. The Morgan fingerprint density at radius 3 is 1.96 bits per heavy atom. The Labute approximate surface area is 454 Å². The SMILES string of the molecule is CC.CC.Cc1ccc2c3c1O[C@H]1C(=O)CC[C@@]4(C)[C@@H](C2)N(C)CC[C@]314.Cc1ccc2c3c1O[C@H]1c4nc5cccc6c5c(c4C[C@@]4(C)[C@@H](C2)N(C)CC[C@]314)NC6=O.[C-]#[N+]c1c(N)cccc1C#N.[I][V][I]. The van der Waals surface area contributed by atoms with Crippen molar-refractivity contribution in [1.29, 1.82) is 5.26 Å². The van der Waals surface area contributed by atoms with Gasteiger partial charge in [0.2, 0.25) is 5.69 Å². The Kier molecular flexibility index (Phi) is 14.5. The number of likely N-dealkylation sites (tertiary alicyclic amines) is 2. The molecule has 9 aliphatic rings. The number of carbonyl (C=O) groups is 2. The average Bonchev–Trinajstić information content (AvgIpc) is 4.05. The third-order valence-corrected chi connectivity index (χ3v) is 18.2. The molecule has 6 heterocycles. The van der Waals surface area contributed by atoms with Crippen molar-refractivity contribution in [3.05, 3.63) is 128 Å². The van der Waals surface area contributed by atoms with Crippen molar-refractivity contribution in [2.24, 2.45) is 10.8 Å². The average molecular weight is 1230 g/mol. The van der Waals surface area contributed by atoms with Gasteiger partial charge in [-0.15, -0.1) is 0 Å². The van der Waals surface area contributed by atoms with Gasteiger partial charge >= 0.3 is 49.4 Å². The van der Waals surface area contributed by atoms with E-state index in [9.17, 15) is 9.59 Å². The number of Topliss-reactive ketones (excluding diaryl/α,β-unsaturated/α-hetero) is 1. The molecule has 4 bridgehead atoms. The molecule has 5 aromatic rings. The first-order chi connectivity index (χ1) is 34.6. The predicted octanol–water partition coefficient (Wildman–Crippen LogP) is 12.4. The number of ketones is 1. The van der Waals surface area contributed by atoms with Crippen LogP contribution in [-0.4, -0.2) is 71.8 Å². The van der Waals surface area contributed by atoms with Gasteiger partial charge in [0.05, 0.1) is 51.5 Å². The number of nitrogen functional groups attached to an aromatic ring is 1. The van der Waals surface area contributed by atoms with Crippen LogP contribution in [-0.2, 0) is 44.4 Å². The van der Waals surface area contributed by atoms with Gasteiger partial charge in [-0.1, -0.05) is 90.1 Å². The zero-order valence-corrected chi connectivity index (χ0v) is 48.8. The first-order valence-electron chi connectivity index (χ1n) is 25.5. The van der Waals surface area contributed by atoms with E-state index in [1.807, 2.05) is 52.0 Å². The second-order valence-electron chi connectivity index (χ2n) is 20.8. The molecular weight excluding hydrogens is 1160 g/mol. The number of nitriles is 1. The number of likely N-dealkylation sites (N-methyl/N-ethyl adjacent to an activating group) is 2. The minimum atomic E-state index is -0.238. The van der Waals surface area contributed by atoms with Gasteiger partial charge in [0.15, 0.2) is 18.0 Å². The number of aryl methyl sites for hydroxylation is 2. The second-order valence-corrected chi connectivity index (χ2v) is 32.6. The number of para-hydroxylation sites is 1. The van der Waals surface area contributed by atoms with Crippen molar-refractivity contribution >= 4 is 79.6 Å².